The van der Waals surface area contributed by atoms with Crippen molar-refractivity contribution in [3.63, 3.8) is 0 Å². The minimum absolute atomic E-state index is 0.139. The molecule has 1 aliphatic rings. The summed E-state index contributed by atoms with van der Waals surface area (Å²) in [7, 11) is 0. The van der Waals surface area contributed by atoms with E-state index in [1.54, 1.807) is 11.8 Å². The van der Waals surface area contributed by atoms with E-state index < -0.39 is 0 Å². The summed E-state index contributed by atoms with van der Waals surface area (Å²) < 4.78 is 0. The van der Waals surface area contributed by atoms with Gasteiger partial charge in [0.1, 0.15) is 0 Å². The quantitative estimate of drug-likeness (QED) is 0.732. The zero-order valence-electron chi connectivity index (χ0n) is 9.01. The summed E-state index contributed by atoms with van der Waals surface area (Å²) in [6.07, 6.45) is 4.17. The first-order valence-electron chi connectivity index (χ1n) is 5.24. The average Bonchev–Trinajstić information content (AvgIpc) is 2.19. The smallest absolute Gasteiger partial charge is 0.223 e. The number of amides is 1. The first kappa shape index (κ1) is 11.9. The minimum Gasteiger partial charge on any atom is -0.353 e. The molecule has 1 amide bonds. The van der Waals surface area contributed by atoms with Crippen LogP contribution in [-0.2, 0) is 4.79 Å². The summed E-state index contributed by atoms with van der Waals surface area (Å²) >= 11 is 1.73. The molecule has 0 aliphatic carbocycles. The van der Waals surface area contributed by atoms with Crippen LogP contribution in [0.2, 0.25) is 0 Å². The van der Waals surface area contributed by atoms with Gasteiger partial charge in [0, 0.05) is 17.7 Å². The first-order valence-corrected chi connectivity index (χ1v) is 6.63. The molecular weight excluding hydrogens is 196 g/mol. The second kappa shape index (κ2) is 6.30. The molecule has 1 unspecified atom stereocenters. The summed E-state index contributed by atoms with van der Waals surface area (Å²) in [5.74, 6) is 1.27. The molecule has 0 aromatic heterocycles. The van der Waals surface area contributed by atoms with Gasteiger partial charge in [-0.05, 0) is 32.2 Å². The van der Waals surface area contributed by atoms with Gasteiger partial charge >= 0.3 is 0 Å². The summed E-state index contributed by atoms with van der Waals surface area (Å²) in [5, 5.41) is 6.40. The van der Waals surface area contributed by atoms with E-state index in [2.05, 4.69) is 10.6 Å². The molecule has 1 atom stereocenters. The molecule has 1 fully saturated rings. The van der Waals surface area contributed by atoms with Gasteiger partial charge in [-0.2, -0.15) is 11.8 Å². The third-order valence-corrected chi connectivity index (χ3v) is 3.38. The van der Waals surface area contributed by atoms with E-state index in [1.807, 2.05) is 13.2 Å². The van der Waals surface area contributed by atoms with Crippen LogP contribution in [0, 0.1) is 5.92 Å². The van der Waals surface area contributed by atoms with E-state index in [0.717, 1.165) is 31.7 Å². The monoisotopic (exact) mass is 216 g/mol. The van der Waals surface area contributed by atoms with E-state index in [4.69, 9.17) is 0 Å². The van der Waals surface area contributed by atoms with Crippen molar-refractivity contribution in [1.29, 1.82) is 0 Å². The number of thioether (sulfide) groups is 1. The molecule has 0 bridgehead atoms. The summed E-state index contributed by atoms with van der Waals surface area (Å²) in [4.78, 5) is 11.7. The van der Waals surface area contributed by atoms with Gasteiger partial charge < -0.3 is 10.6 Å². The Labute approximate surface area is 90.4 Å². The molecule has 3 nitrogen and oxygen atoms in total. The van der Waals surface area contributed by atoms with Crippen molar-refractivity contribution in [2.45, 2.75) is 25.8 Å². The van der Waals surface area contributed by atoms with Crippen LogP contribution in [-0.4, -0.2) is 37.0 Å². The standard InChI is InChI=1S/C10H20N2OS/c1-8(7-14-2)10(13)12-9-3-5-11-6-4-9/h8-9,11H,3-7H2,1-2H3,(H,12,13). The molecule has 0 aromatic rings. The Hall–Kier alpha value is -0.220. The zero-order valence-corrected chi connectivity index (χ0v) is 9.82. The van der Waals surface area contributed by atoms with Crippen molar-refractivity contribution in [2.24, 2.45) is 5.92 Å². The Kier molecular flexibility index (Phi) is 5.33. The Morgan fingerprint density at radius 1 is 1.57 bits per heavy atom. The van der Waals surface area contributed by atoms with Crippen molar-refractivity contribution < 1.29 is 4.79 Å². The van der Waals surface area contributed by atoms with Gasteiger partial charge in [0.15, 0.2) is 0 Å². The Bertz CT molecular complexity index is 181. The van der Waals surface area contributed by atoms with E-state index in [-0.39, 0.29) is 11.8 Å². The number of carbonyl (C=O) groups excluding carboxylic acids is 1. The third-order valence-electron chi connectivity index (χ3n) is 2.55. The molecular formula is C10H20N2OS. The fourth-order valence-corrected chi connectivity index (χ4v) is 2.29. The number of hydrogen-bond donors (Lipinski definition) is 2. The normalized spacial score (nSPS) is 20.4. The fourth-order valence-electron chi connectivity index (χ4n) is 1.64. The number of carbonyl (C=O) groups is 1. The van der Waals surface area contributed by atoms with E-state index >= 15 is 0 Å². The fraction of sp³-hybridized carbons (Fsp3) is 0.900. The Morgan fingerprint density at radius 2 is 2.21 bits per heavy atom. The highest BCUT2D eigenvalue weighted by Crippen LogP contribution is 2.07. The average molecular weight is 216 g/mol. The predicted octanol–water partition coefficient (Wildman–Crippen LogP) is 0.854. The van der Waals surface area contributed by atoms with Crippen molar-refractivity contribution >= 4 is 17.7 Å². The van der Waals surface area contributed by atoms with Crippen LogP contribution in [0.15, 0.2) is 0 Å². The van der Waals surface area contributed by atoms with Gasteiger partial charge in [-0.25, -0.2) is 0 Å². The first-order chi connectivity index (χ1) is 6.74. The lowest BCUT2D eigenvalue weighted by atomic mass is 10.1. The van der Waals surface area contributed by atoms with Crippen molar-refractivity contribution in [3.05, 3.63) is 0 Å². The van der Waals surface area contributed by atoms with E-state index in [0.29, 0.717) is 6.04 Å². The highest BCUT2D eigenvalue weighted by molar-refractivity contribution is 7.98. The summed E-state index contributed by atoms with van der Waals surface area (Å²) in [6, 6.07) is 0.396. The molecule has 0 spiro atoms. The lowest BCUT2D eigenvalue weighted by molar-refractivity contribution is -0.124. The highest BCUT2D eigenvalue weighted by atomic mass is 32.2. The molecule has 0 saturated carbocycles. The highest BCUT2D eigenvalue weighted by Gasteiger charge is 2.18. The van der Waals surface area contributed by atoms with Crippen LogP contribution in [0.25, 0.3) is 0 Å². The molecule has 2 N–H and O–H groups in total. The molecule has 14 heavy (non-hydrogen) atoms. The topological polar surface area (TPSA) is 41.1 Å². The lowest BCUT2D eigenvalue weighted by Gasteiger charge is -2.25. The van der Waals surface area contributed by atoms with Crippen LogP contribution in [0.3, 0.4) is 0 Å². The van der Waals surface area contributed by atoms with Crippen LogP contribution in [0.5, 0.6) is 0 Å². The van der Waals surface area contributed by atoms with Crippen molar-refractivity contribution in [3.8, 4) is 0 Å². The van der Waals surface area contributed by atoms with Crippen LogP contribution in [0.1, 0.15) is 19.8 Å². The SMILES string of the molecule is CSCC(C)C(=O)NC1CCNCC1. The van der Waals surface area contributed by atoms with Crippen LogP contribution < -0.4 is 10.6 Å². The number of rotatable bonds is 4. The van der Waals surface area contributed by atoms with Crippen LogP contribution in [0.4, 0.5) is 0 Å². The molecule has 82 valence electrons. The molecule has 1 saturated heterocycles. The second-order valence-electron chi connectivity index (χ2n) is 3.89. The lowest BCUT2D eigenvalue weighted by Crippen LogP contribution is -2.44. The maximum atomic E-state index is 11.7. The zero-order chi connectivity index (χ0) is 10.4. The van der Waals surface area contributed by atoms with Gasteiger partial charge in [-0.15, -0.1) is 0 Å². The molecule has 0 radical (unpaired) electrons. The van der Waals surface area contributed by atoms with Gasteiger partial charge in [0.05, 0.1) is 0 Å². The third kappa shape index (κ3) is 3.88. The second-order valence-corrected chi connectivity index (χ2v) is 4.80. The molecule has 4 heteroatoms. The van der Waals surface area contributed by atoms with Gasteiger partial charge in [-0.3, -0.25) is 4.79 Å². The number of hydrogen-bond acceptors (Lipinski definition) is 3. The van der Waals surface area contributed by atoms with Crippen LogP contribution >= 0.6 is 11.8 Å². The molecule has 1 heterocycles. The molecule has 1 rings (SSSR count). The number of nitrogens with one attached hydrogen (secondary N) is 2. The maximum Gasteiger partial charge on any atom is 0.223 e. The molecule has 0 aromatic carbocycles. The van der Waals surface area contributed by atoms with E-state index in [9.17, 15) is 4.79 Å². The van der Waals surface area contributed by atoms with Gasteiger partial charge in [0.25, 0.3) is 0 Å². The summed E-state index contributed by atoms with van der Waals surface area (Å²) in [5.41, 5.74) is 0. The number of piperidine rings is 1. The van der Waals surface area contributed by atoms with Crippen molar-refractivity contribution in [1.82, 2.24) is 10.6 Å². The maximum absolute atomic E-state index is 11.7. The van der Waals surface area contributed by atoms with E-state index in [1.165, 1.54) is 0 Å². The Morgan fingerprint density at radius 3 is 2.79 bits per heavy atom. The minimum atomic E-state index is 0.139. The largest absolute Gasteiger partial charge is 0.353 e. The summed E-state index contributed by atoms with van der Waals surface area (Å²) in [6.45, 7) is 4.05. The van der Waals surface area contributed by atoms with Crippen molar-refractivity contribution in [2.75, 3.05) is 25.1 Å². The predicted molar refractivity (Wildman–Crippen MR) is 61.6 cm³/mol. The molecule has 1 aliphatic heterocycles. The van der Waals surface area contributed by atoms with Gasteiger partial charge in [-0.1, -0.05) is 6.92 Å². The Balaban J connectivity index is 2.24. The van der Waals surface area contributed by atoms with Gasteiger partial charge in [0.2, 0.25) is 5.91 Å².